The van der Waals surface area contributed by atoms with Crippen LogP contribution in [-0.2, 0) is 4.79 Å². The van der Waals surface area contributed by atoms with Crippen molar-refractivity contribution in [2.75, 3.05) is 13.1 Å². The van der Waals surface area contributed by atoms with E-state index in [-0.39, 0.29) is 17.9 Å². The van der Waals surface area contributed by atoms with Gasteiger partial charge in [0.15, 0.2) is 6.29 Å². The number of aromatic nitrogens is 3. The Labute approximate surface area is 92.2 Å². The maximum atomic E-state index is 11.7. The van der Waals surface area contributed by atoms with E-state index in [1.165, 1.54) is 0 Å². The average Bonchev–Trinajstić information content (AvgIpc) is 2.97. The summed E-state index contributed by atoms with van der Waals surface area (Å²) in [5.41, 5.74) is 0.340. The molecule has 0 N–H and O–H groups in total. The van der Waals surface area contributed by atoms with Crippen molar-refractivity contribution in [2.45, 2.75) is 18.9 Å². The number of nitrogens with zero attached hydrogens (tertiary/aromatic N) is 4. The Kier molecular flexibility index (Phi) is 2.02. The van der Waals surface area contributed by atoms with Crippen LogP contribution < -0.4 is 0 Å². The molecule has 6 heteroatoms. The number of carbonyl (C=O) groups is 2. The van der Waals surface area contributed by atoms with E-state index < -0.39 is 0 Å². The highest BCUT2D eigenvalue weighted by Gasteiger charge is 2.40. The van der Waals surface area contributed by atoms with E-state index >= 15 is 0 Å². The van der Waals surface area contributed by atoms with Crippen LogP contribution in [0.15, 0.2) is 6.20 Å². The molecule has 0 radical (unpaired) electrons. The summed E-state index contributed by atoms with van der Waals surface area (Å²) in [5.74, 6) is 0.550. The van der Waals surface area contributed by atoms with Crippen molar-refractivity contribution < 1.29 is 9.59 Å². The van der Waals surface area contributed by atoms with Crippen molar-refractivity contribution in [1.29, 1.82) is 0 Å². The molecule has 0 atom stereocenters. The van der Waals surface area contributed by atoms with Crippen molar-refractivity contribution in [3.05, 3.63) is 11.9 Å². The maximum absolute atomic E-state index is 11.7. The average molecular weight is 220 g/mol. The number of hydrogen-bond acceptors (Lipinski definition) is 4. The molecule has 3 rings (SSSR count). The summed E-state index contributed by atoms with van der Waals surface area (Å²) in [4.78, 5) is 23.9. The molecule has 84 valence electrons. The molecule has 0 unspecified atom stereocenters. The molecule has 2 aliphatic rings. The Balaban J connectivity index is 1.59. The predicted octanol–water partition coefficient (Wildman–Crippen LogP) is -0.116. The normalized spacial score (nSPS) is 20.6. The second-order valence-corrected chi connectivity index (χ2v) is 4.41. The van der Waals surface area contributed by atoms with E-state index in [4.69, 9.17) is 0 Å². The van der Waals surface area contributed by atoms with Gasteiger partial charge in [0.25, 0.3) is 0 Å². The van der Waals surface area contributed by atoms with Gasteiger partial charge in [-0.05, 0) is 12.8 Å². The van der Waals surface area contributed by atoms with Gasteiger partial charge < -0.3 is 4.90 Å². The third-order valence-corrected chi connectivity index (χ3v) is 3.12. The summed E-state index contributed by atoms with van der Waals surface area (Å²) >= 11 is 0. The fourth-order valence-corrected chi connectivity index (χ4v) is 1.91. The molecule has 1 aliphatic carbocycles. The topological polar surface area (TPSA) is 68.1 Å². The van der Waals surface area contributed by atoms with Crippen molar-refractivity contribution in [3.8, 4) is 0 Å². The lowest BCUT2D eigenvalue weighted by atomic mass is 10.1. The monoisotopic (exact) mass is 220 g/mol. The first kappa shape index (κ1) is 9.50. The highest BCUT2D eigenvalue weighted by Crippen LogP contribution is 2.34. The quantitative estimate of drug-likeness (QED) is 0.666. The first-order valence-electron chi connectivity index (χ1n) is 5.43. The van der Waals surface area contributed by atoms with Gasteiger partial charge in [0.1, 0.15) is 5.69 Å². The van der Waals surface area contributed by atoms with Crippen molar-refractivity contribution in [3.63, 3.8) is 0 Å². The Morgan fingerprint density at radius 2 is 2.19 bits per heavy atom. The van der Waals surface area contributed by atoms with Gasteiger partial charge >= 0.3 is 0 Å². The zero-order valence-electron chi connectivity index (χ0n) is 8.74. The number of aldehydes is 1. The second-order valence-electron chi connectivity index (χ2n) is 4.41. The fourth-order valence-electron chi connectivity index (χ4n) is 1.91. The van der Waals surface area contributed by atoms with Crippen LogP contribution in [-0.4, -0.2) is 45.2 Å². The van der Waals surface area contributed by atoms with Gasteiger partial charge in [0, 0.05) is 19.0 Å². The minimum Gasteiger partial charge on any atom is -0.338 e. The summed E-state index contributed by atoms with van der Waals surface area (Å²) in [6.07, 6.45) is 4.38. The van der Waals surface area contributed by atoms with Crippen LogP contribution >= 0.6 is 0 Å². The van der Waals surface area contributed by atoms with E-state index in [1.807, 2.05) is 4.90 Å². The molecule has 1 aliphatic heterocycles. The highest BCUT2D eigenvalue weighted by molar-refractivity contribution is 5.81. The van der Waals surface area contributed by atoms with Crippen LogP contribution in [0.5, 0.6) is 0 Å². The standard InChI is InChI=1S/C10H12N4O2/c15-6-8-3-14(12-11-8)9-4-13(5-9)10(16)7-1-2-7/h3,6-7,9H,1-2,4-5H2. The lowest BCUT2D eigenvalue weighted by Crippen LogP contribution is -2.51. The maximum Gasteiger partial charge on any atom is 0.225 e. The van der Waals surface area contributed by atoms with Gasteiger partial charge in [0.2, 0.25) is 5.91 Å². The summed E-state index contributed by atoms with van der Waals surface area (Å²) in [7, 11) is 0. The summed E-state index contributed by atoms with van der Waals surface area (Å²) < 4.78 is 1.67. The molecule has 1 aromatic rings. The van der Waals surface area contributed by atoms with Gasteiger partial charge in [0.05, 0.1) is 12.2 Å². The molecule has 0 bridgehead atoms. The van der Waals surface area contributed by atoms with Crippen molar-refractivity contribution in [1.82, 2.24) is 19.9 Å². The van der Waals surface area contributed by atoms with Gasteiger partial charge in [-0.1, -0.05) is 5.21 Å². The Bertz CT molecular complexity index is 432. The summed E-state index contributed by atoms with van der Waals surface area (Å²) in [6, 6.07) is 0.184. The molecule has 2 fully saturated rings. The number of likely N-dealkylation sites (tertiary alicyclic amines) is 1. The molecule has 2 heterocycles. The van der Waals surface area contributed by atoms with Gasteiger partial charge in [-0.25, -0.2) is 4.68 Å². The molecular weight excluding hydrogens is 208 g/mol. The van der Waals surface area contributed by atoms with E-state index in [2.05, 4.69) is 10.3 Å². The zero-order chi connectivity index (χ0) is 11.1. The minimum absolute atomic E-state index is 0.184. The van der Waals surface area contributed by atoms with E-state index in [9.17, 15) is 9.59 Å². The lowest BCUT2D eigenvalue weighted by Gasteiger charge is -2.39. The Morgan fingerprint density at radius 1 is 1.44 bits per heavy atom. The third kappa shape index (κ3) is 1.50. The number of rotatable bonds is 3. The van der Waals surface area contributed by atoms with Gasteiger partial charge in [-0.15, -0.1) is 5.10 Å². The van der Waals surface area contributed by atoms with Crippen LogP contribution in [0.3, 0.4) is 0 Å². The summed E-state index contributed by atoms with van der Waals surface area (Å²) in [6.45, 7) is 1.38. The largest absolute Gasteiger partial charge is 0.338 e. The Hall–Kier alpha value is -1.72. The van der Waals surface area contributed by atoms with Crippen LogP contribution in [0.1, 0.15) is 29.4 Å². The molecule has 16 heavy (non-hydrogen) atoms. The first-order valence-corrected chi connectivity index (χ1v) is 5.43. The molecular formula is C10H12N4O2. The molecule has 1 saturated heterocycles. The second kappa shape index (κ2) is 3.40. The van der Waals surface area contributed by atoms with Gasteiger partial charge in [-0.2, -0.15) is 0 Å². The lowest BCUT2D eigenvalue weighted by molar-refractivity contribution is -0.138. The van der Waals surface area contributed by atoms with Gasteiger partial charge in [-0.3, -0.25) is 9.59 Å². The van der Waals surface area contributed by atoms with Crippen LogP contribution in [0.2, 0.25) is 0 Å². The van der Waals surface area contributed by atoms with Crippen molar-refractivity contribution in [2.24, 2.45) is 5.92 Å². The van der Waals surface area contributed by atoms with E-state index in [0.717, 1.165) is 12.8 Å². The predicted molar refractivity (Wildman–Crippen MR) is 53.8 cm³/mol. The van der Waals surface area contributed by atoms with Crippen molar-refractivity contribution >= 4 is 12.2 Å². The Morgan fingerprint density at radius 3 is 2.75 bits per heavy atom. The first-order chi connectivity index (χ1) is 7.78. The molecule has 1 amide bonds. The molecule has 6 nitrogen and oxygen atoms in total. The molecule has 0 spiro atoms. The highest BCUT2D eigenvalue weighted by atomic mass is 16.2. The third-order valence-electron chi connectivity index (χ3n) is 3.12. The number of hydrogen-bond donors (Lipinski definition) is 0. The number of amides is 1. The SMILES string of the molecule is O=Cc1cn(C2CN(C(=O)C3CC3)C2)nn1. The smallest absolute Gasteiger partial charge is 0.225 e. The summed E-state index contributed by atoms with van der Waals surface area (Å²) in [5, 5.41) is 7.56. The van der Waals surface area contributed by atoms with Crippen LogP contribution in [0, 0.1) is 5.92 Å². The zero-order valence-corrected chi connectivity index (χ0v) is 8.74. The van der Waals surface area contributed by atoms with Crippen LogP contribution in [0.4, 0.5) is 0 Å². The molecule has 1 saturated carbocycles. The van der Waals surface area contributed by atoms with Crippen LogP contribution in [0.25, 0.3) is 0 Å². The minimum atomic E-state index is 0.184. The van der Waals surface area contributed by atoms with E-state index in [1.54, 1.807) is 10.9 Å². The molecule has 1 aromatic heterocycles. The number of carbonyl (C=O) groups excluding carboxylic acids is 2. The fraction of sp³-hybridized carbons (Fsp3) is 0.600. The van der Waals surface area contributed by atoms with E-state index in [0.29, 0.717) is 25.1 Å². The molecule has 0 aromatic carbocycles.